The Labute approximate surface area is 136 Å². The Morgan fingerprint density at radius 2 is 2.09 bits per heavy atom. The number of carbonyl (C=O) groups is 1. The van der Waals surface area contributed by atoms with E-state index in [2.05, 4.69) is 47.3 Å². The number of nitrogens with zero attached hydrogens (tertiary/aromatic N) is 3. The number of hydrogen-bond donors (Lipinski definition) is 1. The lowest BCUT2D eigenvalue weighted by Crippen LogP contribution is -2.15. The molecule has 23 heavy (non-hydrogen) atoms. The summed E-state index contributed by atoms with van der Waals surface area (Å²) in [6, 6.07) is 10.7. The minimum Gasteiger partial charge on any atom is -0.363 e. The molecule has 1 aromatic carbocycles. The summed E-state index contributed by atoms with van der Waals surface area (Å²) in [6.07, 6.45) is 5.39. The van der Waals surface area contributed by atoms with Crippen LogP contribution >= 0.6 is 0 Å². The third kappa shape index (κ3) is 3.60. The van der Waals surface area contributed by atoms with Crippen molar-refractivity contribution in [1.29, 1.82) is 0 Å². The van der Waals surface area contributed by atoms with Gasteiger partial charge in [-0.25, -0.2) is 9.67 Å². The van der Waals surface area contributed by atoms with Gasteiger partial charge in [0.05, 0.1) is 0 Å². The average Bonchev–Trinajstić information content (AvgIpc) is 3.17. The van der Waals surface area contributed by atoms with E-state index in [1.807, 2.05) is 4.68 Å². The van der Waals surface area contributed by atoms with Crippen molar-refractivity contribution in [3.05, 3.63) is 47.5 Å². The van der Waals surface area contributed by atoms with Crippen molar-refractivity contribution < 1.29 is 4.79 Å². The molecule has 0 spiro atoms. The van der Waals surface area contributed by atoms with Crippen LogP contribution in [0.1, 0.15) is 60.5 Å². The summed E-state index contributed by atoms with van der Waals surface area (Å²) >= 11 is 0. The number of nitrogens with two attached hydrogens (primary N) is 1. The van der Waals surface area contributed by atoms with Gasteiger partial charge in [-0.1, -0.05) is 37.3 Å². The minimum atomic E-state index is -0.547. The quantitative estimate of drug-likeness (QED) is 0.891. The zero-order chi connectivity index (χ0) is 16.2. The lowest BCUT2D eigenvalue weighted by molar-refractivity contribution is 0.0990. The van der Waals surface area contributed by atoms with E-state index < -0.39 is 5.91 Å². The Bertz CT molecular complexity index is 665. The van der Waals surface area contributed by atoms with Gasteiger partial charge in [0.1, 0.15) is 5.82 Å². The maximum atomic E-state index is 11.3. The molecule has 2 atom stereocenters. The van der Waals surface area contributed by atoms with E-state index in [1.165, 1.54) is 24.8 Å². The Morgan fingerprint density at radius 1 is 1.30 bits per heavy atom. The highest BCUT2D eigenvalue weighted by atomic mass is 16.1. The van der Waals surface area contributed by atoms with Gasteiger partial charge < -0.3 is 5.73 Å². The van der Waals surface area contributed by atoms with Crippen molar-refractivity contribution in [1.82, 2.24) is 14.8 Å². The molecule has 122 valence electrons. The minimum absolute atomic E-state index is 0.144. The van der Waals surface area contributed by atoms with E-state index in [-0.39, 0.29) is 5.82 Å². The molecule has 1 saturated carbocycles. The van der Waals surface area contributed by atoms with Gasteiger partial charge in [-0.3, -0.25) is 4.79 Å². The second kappa shape index (κ2) is 6.94. The number of amides is 1. The van der Waals surface area contributed by atoms with Crippen molar-refractivity contribution >= 4 is 5.91 Å². The van der Waals surface area contributed by atoms with E-state index in [0.29, 0.717) is 11.8 Å². The third-order valence-electron chi connectivity index (χ3n) is 4.69. The molecule has 1 aromatic heterocycles. The summed E-state index contributed by atoms with van der Waals surface area (Å²) in [5.41, 5.74) is 6.75. The summed E-state index contributed by atoms with van der Waals surface area (Å²) in [4.78, 5) is 15.6. The standard InChI is InChI=1S/C18H24N4O/c1-2-6-16-20-18(17(19)23)21-22(16)12-13-9-10-15(11-13)14-7-4-3-5-8-14/h3-5,7-8,13,15H,2,6,9-12H2,1H3,(H2,19,23)/t13-,15-/m1/s1. The zero-order valence-electron chi connectivity index (χ0n) is 13.6. The van der Waals surface area contributed by atoms with Crippen LogP contribution in [0.5, 0.6) is 0 Å². The van der Waals surface area contributed by atoms with Crippen molar-refractivity contribution in [2.24, 2.45) is 11.7 Å². The van der Waals surface area contributed by atoms with Crippen molar-refractivity contribution in [3.63, 3.8) is 0 Å². The van der Waals surface area contributed by atoms with Gasteiger partial charge in [0.25, 0.3) is 5.91 Å². The first-order chi connectivity index (χ1) is 11.2. The monoisotopic (exact) mass is 312 g/mol. The maximum absolute atomic E-state index is 11.3. The van der Waals surface area contributed by atoms with Crippen LogP contribution in [0.2, 0.25) is 0 Å². The van der Waals surface area contributed by atoms with E-state index in [1.54, 1.807) is 0 Å². The molecule has 5 nitrogen and oxygen atoms in total. The van der Waals surface area contributed by atoms with E-state index in [9.17, 15) is 4.79 Å². The molecule has 1 aliphatic carbocycles. The first kappa shape index (κ1) is 15.7. The van der Waals surface area contributed by atoms with E-state index >= 15 is 0 Å². The molecule has 1 amide bonds. The van der Waals surface area contributed by atoms with Gasteiger partial charge in [-0.15, -0.1) is 5.10 Å². The van der Waals surface area contributed by atoms with Gasteiger partial charge in [-0.2, -0.15) is 0 Å². The summed E-state index contributed by atoms with van der Waals surface area (Å²) in [5.74, 6) is 1.69. The van der Waals surface area contributed by atoms with Crippen LogP contribution in [0.3, 0.4) is 0 Å². The van der Waals surface area contributed by atoms with Crippen LogP contribution in [0, 0.1) is 5.92 Å². The molecule has 0 saturated heterocycles. The van der Waals surface area contributed by atoms with E-state index in [4.69, 9.17) is 5.73 Å². The number of benzene rings is 1. The maximum Gasteiger partial charge on any atom is 0.288 e. The fraction of sp³-hybridized carbons (Fsp3) is 0.500. The Morgan fingerprint density at radius 3 is 2.78 bits per heavy atom. The van der Waals surface area contributed by atoms with Gasteiger partial charge in [0.15, 0.2) is 0 Å². The molecule has 0 bridgehead atoms. The highest BCUT2D eigenvalue weighted by Crippen LogP contribution is 2.38. The van der Waals surface area contributed by atoms with Crippen LogP contribution in [0.15, 0.2) is 30.3 Å². The Balaban J connectivity index is 1.69. The van der Waals surface area contributed by atoms with Crippen molar-refractivity contribution in [3.8, 4) is 0 Å². The molecule has 5 heteroatoms. The van der Waals surface area contributed by atoms with E-state index in [0.717, 1.165) is 25.2 Å². The molecule has 1 aliphatic rings. The average molecular weight is 312 g/mol. The highest BCUT2D eigenvalue weighted by molar-refractivity contribution is 5.88. The second-order valence-electron chi connectivity index (χ2n) is 6.43. The molecule has 0 radical (unpaired) electrons. The zero-order valence-corrected chi connectivity index (χ0v) is 13.6. The molecule has 2 N–H and O–H groups in total. The van der Waals surface area contributed by atoms with Crippen LogP contribution < -0.4 is 5.73 Å². The number of primary amides is 1. The summed E-state index contributed by atoms with van der Waals surface area (Å²) in [6.45, 7) is 2.93. The SMILES string of the molecule is CCCc1nc(C(N)=O)nn1C[C@@H]1CC[C@@H](c2ccccc2)C1. The van der Waals surface area contributed by atoms with Gasteiger partial charge in [0.2, 0.25) is 5.82 Å². The highest BCUT2D eigenvalue weighted by Gasteiger charge is 2.27. The summed E-state index contributed by atoms with van der Waals surface area (Å²) < 4.78 is 1.90. The van der Waals surface area contributed by atoms with Gasteiger partial charge in [-0.05, 0) is 43.1 Å². The molecule has 1 fully saturated rings. The number of hydrogen-bond acceptors (Lipinski definition) is 3. The second-order valence-corrected chi connectivity index (χ2v) is 6.43. The predicted octanol–water partition coefficient (Wildman–Crippen LogP) is 2.91. The molecular weight excluding hydrogens is 288 g/mol. The van der Waals surface area contributed by atoms with Crippen molar-refractivity contribution in [2.75, 3.05) is 0 Å². The van der Waals surface area contributed by atoms with Crippen LogP contribution in [-0.4, -0.2) is 20.7 Å². The lowest BCUT2D eigenvalue weighted by atomic mass is 9.96. The molecule has 0 aliphatic heterocycles. The van der Waals surface area contributed by atoms with Gasteiger partial charge >= 0.3 is 0 Å². The number of aryl methyl sites for hydroxylation is 1. The Hall–Kier alpha value is -2.17. The third-order valence-corrected chi connectivity index (χ3v) is 4.69. The fourth-order valence-corrected chi connectivity index (χ4v) is 3.55. The Kier molecular flexibility index (Phi) is 4.74. The smallest absolute Gasteiger partial charge is 0.288 e. The summed E-state index contributed by atoms with van der Waals surface area (Å²) in [7, 11) is 0. The largest absolute Gasteiger partial charge is 0.363 e. The summed E-state index contributed by atoms with van der Waals surface area (Å²) in [5, 5.41) is 4.32. The normalized spacial score (nSPS) is 20.7. The molecule has 0 unspecified atom stereocenters. The first-order valence-corrected chi connectivity index (χ1v) is 8.45. The molecule has 2 aromatic rings. The lowest BCUT2D eigenvalue weighted by Gasteiger charge is -2.13. The number of aromatic nitrogens is 3. The fourth-order valence-electron chi connectivity index (χ4n) is 3.55. The molecule has 3 rings (SSSR count). The molecule has 1 heterocycles. The van der Waals surface area contributed by atoms with Crippen LogP contribution in [-0.2, 0) is 13.0 Å². The van der Waals surface area contributed by atoms with Crippen molar-refractivity contribution in [2.45, 2.75) is 51.5 Å². The number of carbonyl (C=O) groups excluding carboxylic acids is 1. The number of rotatable bonds is 6. The van der Waals surface area contributed by atoms with Crippen LogP contribution in [0.25, 0.3) is 0 Å². The molecular formula is C18H24N4O. The topological polar surface area (TPSA) is 73.8 Å². The van der Waals surface area contributed by atoms with Gasteiger partial charge in [0, 0.05) is 13.0 Å². The predicted molar refractivity (Wildman–Crippen MR) is 89.1 cm³/mol. The van der Waals surface area contributed by atoms with Crippen LogP contribution in [0.4, 0.5) is 0 Å². The first-order valence-electron chi connectivity index (χ1n) is 8.45.